The molecule has 25 heavy (non-hydrogen) atoms. The maximum absolute atomic E-state index is 11.5. The van der Waals surface area contributed by atoms with E-state index in [1.807, 2.05) is 26.8 Å². The average molecular weight is 357 g/mol. The molecule has 0 aromatic carbocycles. The van der Waals surface area contributed by atoms with E-state index in [1.54, 1.807) is 6.92 Å². The molecule has 0 aliphatic carbocycles. The van der Waals surface area contributed by atoms with Gasteiger partial charge in [-0.05, 0) is 53.4 Å². The molecular formula is C21H40O4. The van der Waals surface area contributed by atoms with Crippen molar-refractivity contribution in [3.05, 3.63) is 24.3 Å². The molecule has 0 saturated heterocycles. The maximum atomic E-state index is 11.5. The molecule has 0 heterocycles. The van der Waals surface area contributed by atoms with Crippen LogP contribution in [0.15, 0.2) is 24.3 Å². The van der Waals surface area contributed by atoms with Crippen LogP contribution in [0.25, 0.3) is 0 Å². The van der Waals surface area contributed by atoms with Crippen LogP contribution in [0.4, 0.5) is 0 Å². The Morgan fingerprint density at radius 3 is 2.20 bits per heavy atom. The van der Waals surface area contributed by atoms with Gasteiger partial charge in [-0.2, -0.15) is 0 Å². The van der Waals surface area contributed by atoms with Gasteiger partial charge in [-0.25, -0.2) is 0 Å². The summed E-state index contributed by atoms with van der Waals surface area (Å²) < 4.78 is 4.81. The van der Waals surface area contributed by atoms with E-state index in [4.69, 9.17) is 14.9 Å². The number of aliphatic hydroxyl groups is 2. The second kappa shape index (κ2) is 17.7. The van der Waals surface area contributed by atoms with Crippen molar-refractivity contribution >= 4 is 5.97 Å². The minimum absolute atomic E-state index is 0.0810. The predicted molar refractivity (Wildman–Crippen MR) is 105 cm³/mol. The smallest absolute Gasteiger partial charge is 0.311 e. The Balaban J connectivity index is 0. The van der Waals surface area contributed by atoms with Gasteiger partial charge in [-0.3, -0.25) is 4.79 Å². The Hall–Kier alpha value is -1.13. The Morgan fingerprint density at radius 2 is 1.72 bits per heavy atom. The highest BCUT2D eigenvalue weighted by molar-refractivity contribution is 5.75. The van der Waals surface area contributed by atoms with Crippen molar-refractivity contribution < 1.29 is 19.7 Å². The molecular weight excluding hydrogens is 316 g/mol. The van der Waals surface area contributed by atoms with E-state index in [9.17, 15) is 4.79 Å². The van der Waals surface area contributed by atoms with Crippen molar-refractivity contribution in [3.63, 3.8) is 0 Å². The molecule has 1 atom stereocenters. The summed E-state index contributed by atoms with van der Waals surface area (Å²) in [5.74, 6) is -0.0957. The molecule has 0 bridgehead atoms. The Labute approximate surface area is 155 Å². The van der Waals surface area contributed by atoms with Crippen LogP contribution in [-0.2, 0) is 9.53 Å². The Morgan fingerprint density at radius 1 is 1.12 bits per heavy atom. The lowest BCUT2D eigenvalue weighted by Crippen LogP contribution is -2.25. The first kappa shape index (κ1) is 26.1. The predicted octanol–water partition coefficient (Wildman–Crippen LogP) is 4.80. The number of hydrogen-bond acceptors (Lipinski definition) is 4. The van der Waals surface area contributed by atoms with Gasteiger partial charge in [0.15, 0.2) is 0 Å². The van der Waals surface area contributed by atoms with Crippen molar-refractivity contribution in [2.45, 2.75) is 85.2 Å². The topological polar surface area (TPSA) is 66.8 Å². The van der Waals surface area contributed by atoms with Gasteiger partial charge in [0, 0.05) is 6.61 Å². The average Bonchev–Trinajstić information content (AvgIpc) is 2.56. The van der Waals surface area contributed by atoms with Gasteiger partial charge in [0.1, 0.15) is 0 Å². The lowest BCUT2D eigenvalue weighted by atomic mass is 9.87. The summed E-state index contributed by atoms with van der Waals surface area (Å²) >= 11 is 0. The summed E-state index contributed by atoms with van der Waals surface area (Å²) in [6, 6.07) is 0. The molecule has 1 unspecified atom stereocenters. The third kappa shape index (κ3) is 19.0. The maximum Gasteiger partial charge on any atom is 0.311 e. The largest absolute Gasteiger partial charge is 0.469 e. The zero-order chi connectivity index (χ0) is 19.6. The van der Waals surface area contributed by atoms with Crippen molar-refractivity contribution in [2.24, 2.45) is 5.41 Å². The number of ether oxygens (including phenoxy) is 1. The molecule has 0 aromatic rings. The number of esters is 1. The van der Waals surface area contributed by atoms with Crippen LogP contribution >= 0.6 is 0 Å². The third-order valence-corrected chi connectivity index (χ3v) is 3.90. The van der Waals surface area contributed by atoms with E-state index >= 15 is 0 Å². The van der Waals surface area contributed by atoms with Crippen LogP contribution in [0.1, 0.15) is 79.1 Å². The molecule has 0 radical (unpaired) electrons. The molecule has 0 aliphatic heterocycles. The number of rotatable bonds is 12. The van der Waals surface area contributed by atoms with E-state index in [1.165, 1.54) is 32.8 Å². The Kier molecular flexibility index (Phi) is 18.5. The third-order valence-electron chi connectivity index (χ3n) is 3.90. The number of aliphatic hydroxyl groups excluding tert-OH is 2. The van der Waals surface area contributed by atoms with Crippen molar-refractivity contribution in [1.29, 1.82) is 0 Å². The van der Waals surface area contributed by atoms with Crippen LogP contribution in [0.3, 0.4) is 0 Å². The first-order chi connectivity index (χ1) is 11.8. The van der Waals surface area contributed by atoms with E-state index in [2.05, 4.69) is 18.2 Å². The molecule has 0 aromatic heterocycles. The number of methoxy groups -OCH3 is 1. The number of carbonyl (C=O) groups excluding carboxylic acids is 1. The van der Waals surface area contributed by atoms with Gasteiger partial charge >= 0.3 is 5.97 Å². The standard InChI is InChI=1S/C17H30O2.C4H10O2/c1-5-6-7-8-9-10-11-12-13-14-15-17(2,3)16(18)19-4;1-4(6)2-3-5/h5-8H,9-15H2,1-4H3;4-6H,2-3H2,1H3/b6-5+,8-7+;. The minimum atomic E-state index is -0.352. The SMILES string of the molecule is C/C=C/C=C/CCCCCCCC(C)(C)C(=O)OC.CC(O)CCO. The van der Waals surface area contributed by atoms with Crippen LogP contribution in [0.2, 0.25) is 0 Å². The molecule has 0 saturated carbocycles. The van der Waals surface area contributed by atoms with E-state index in [0.29, 0.717) is 6.42 Å². The van der Waals surface area contributed by atoms with E-state index in [0.717, 1.165) is 19.3 Å². The minimum Gasteiger partial charge on any atom is -0.469 e. The zero-order valence-electron chi connectivity index (χ0n) is 17.0. The lowest BCUT2D eigenvalue weighted by Gasteiger charge is -2.20. The number of allylic oxidation sites excluding steroid dienone is 4. The van der Waals surface area contributed by atoms with Gasteiger partial charge in [-0.15, -0.1) is 0 Å². The highest BCUT2D eigenvalue weighted by Crippen LogP contribution is 2.25. The van der Waals surface area contributed by atoms with Gasteiger partial charge in [-0.1, -0.05) is 50.0 Å². The summed E-state index contributed by atoms with van der Waals surface area (Å²) in [6.45, 7) is 7.68. The number of unbranched alkanes of at least 4 members (excludes halogenated alkanes) is 5. The number of hydrogen-bond donors (Lipinski definition) is 2. The molecule has 4 heteroatoms. The van der Waals surface area contributed by atoms with Crippen molar-refractivity contribution in [3.8, 4) is 0 Å². The monoisotopic (exact) mass is 356 g/mol. The summed E-state index contributed by atoms with van der Waals surface area (Å²) in [5.41, 5.74) is -0.329. The van der Waals surface area contributed by atoms with Gasteiger partial charge in [0.2, 0.25) is 0 Å². The summed E-state index contributed by atoms with van der Waals surface area (Å²) in [5, 5.41) is 16.5. The van der Waals surface area contributed by atoms with Crippen LogP contribution in [0, 0.1) is 5.41 Å². The normalized spacial score (nSPS) is 12.9. The lowest BCUT2D eigenvalue weighted by molar-refractivity contribution is -0.151. The zero-order valence-corrected chi connectivity index (χ0v) is 17.0. The molecule has 0 spiro atoms. The fourth-order valence-electron chi connectivity index (χ4n) is 2.21. The molecule has 0 aliphatic rings. The first-order valence-corrected chi connectivity index (χ1v) is 9.47. The van der Waals surface area contributed by atoms with Crippen molar-refractivity contribution in [1.82, 2.24) is 0 Å². The quantitative estimate of drug-likeness (QED) is 0.299. The van der Waals surface area contributed by atoms with Crippen molar-refractivity contribution in [2.75, 3.05) is 13.7 Å². The number of carbonyl (C=O) groups is 1. The highest BCUT2D eigenvalue weighted by atomic mass is 16.5. The molecule has 4 nitrogen and oxygen atoms in total. The van der Waals surface area contributed by atoms with Gasteiger partial charge in [0.05, 0.1) is 18.6 Å². The molecule has 0 rings (SSSR count). The molecule has 148 valence electrons. The summed E-state index contributed by atoms with van der Waals surface area (Å²) in [7, 11) is 1.46. The fourth-order valence-corrected chi connectivity index (χ4v) is 2.21. The highest BCUT2D eigenvalue weighted by Gasteiger charge is 2.27. The van der Waals surface area contributed by atoms with Crippen LogP contribution in [0.5, 0.6) is 0 Å². The second-order valence-corrected chi connectivity index (χ2v) is 7.00. The fraction of sp³-hybridized carbons (Fsp3) is 0.762. The Bertz CT molecular complexity index is 357. The first-order valence-electron chi connectivity index (χ1n) is 9.47. The van der Waals surface area contributed by atoms with Crippen LogP contribution in [-0.4, -0.2) is 36.0 Å². The van der Waals surface area contributed by atoms with E-state index < -0.39 is 0 Å². The molecule has 0 fully saturated rings. The van der Waals surface area contributed by atoms with Crippen LogP contribution < -0.4 is 0 Å². The second-order valence-electron chi connectivity index (χ2n) is 7.00. The summed E-state index contributed by atoms with van der Waals surface area (Å²) in [6.07, 6.45) is 16.8. The molecule has 0 amide bonds. The van der Waals surface area contributed by atoms with Gasteiger partial charge in [0.25, 0.3) is 0 Å². The van der Waals surface area contributed by atoms with E-state index in [-0.39, 0.29) is 24.1 Å². The molecule has 2 N–H and O–H groups in total. The van der Waals surface area contributed by atoms with Gasteiger partial charge < -0.3 is 14.9 Å². The summed E-state index contributed by atoms with van der Waals surface area (Å²) in [4.78, 5) is 11.5.